The van der Waals surface area contributed by atoms with Crippen molar-refractivity contribution in [3.05, 3.63) is 64.3 Å². The average Bonchev–Trinajstić information content (AvgIpc) is 2.78. The standard InChI is InChI=1S/C24H27Cl4NO4/c1-2-3-13-33-29-17-18-6-8-19(9-7-18)30-11-4-5-12-32-24-21(25)15-20(16-22(24)26)31-14-10-23(27)28/h6-10,14-17,23H,2-5,11-13H2,1H3. The van der Waals surface area contributed by atoms with E-state index in [1.807, 2.05) is 24.3 Å². The highest BCUT2D eigenvalue weighted by Crippen LogP contribution is 2.37. The van der Waals surface area contributed by atoms with Gasteiger partial charge in [-0.1, -0.05) is 41.7 Å². The van der Waals surface area contributed by atoms with Crippen molar-refractivity contribution in [2.75, 3.05) is 19.8 Å². The van der Waals surface area contributed by atoms with Crippen molar-refractivity contribution >= 4 is 52.6 Å². The van der Waals surface area contributed by atoms with Crippen molar-refractivity contribution in [2.45, 2.75) is 37.4 Å². The summed E-state index contributed by atoms with van der Waals surface area (Å²) in [6, 6.07) is 10.9. The van der Waals surface area contributed by atoms with Gasteiger partial charge in [-0.15, -0.1) is 23.2 Å². The van der Waals surface area contributed by atoms with Crippen molar-refractivity contribution in [1.82, 2.24) is 0 Å². The van der Waals surface area contributed by atoms with Crippen molar-refractivity contribution in [1.29, 1.82) is 0 Å². The molecular weight excluding hydrogens is 508 g/mol. The van der Waals surface area contributed by atoms with Crippen LogP contribution in [0.2, 0.25) is 10.0 Å². The van der Waals surface area contributed by atoms with Gasteiger partial charge >= 0.3 is 0 Å². The first-order chi connectivity index (χ1) is 16.0. The van der Waals surface area contributed by atoms with Gasteiger partial charge in [0.2, 0.25) is 0 Å². The maximum absolute atomic E-state index is 6.26. The Hall–Kier alpha value is -1.79. The summed E-state index contributed by atoms with van der Waals surface area (Å²) in [5, 5.41) is 4.66. The van der Waals surface area contributed by atoms with Crippen LogP contribution in [0.3, 0.4) is 0 Å². The van der Waals surface area contributed by atoms with E-state index in [-0.39, 0.29) is 0 Å². The van der Waals surface area contributed by atoms with E-state index in [0.29, 0.717) is 41.4 Å². The maximum Gasteiger partial charge on any atom is 0.156 e. The third-order valence-corrected chi connectivity index (χ3v) is 5.05. The minimum atomic E-state index is -0.656. The summed E-state index contributed by atoms with van der Waals surface area (Å²) in [5.74, 6) is 1.67. The third kappa shape index (κ3) is 11.3. The topological polar surface area (TPSA) is 49.3 Å². The molecule has 2 aromatic rings. The molecule has 33 heavy (non-hydrogen) atoms. The van der Waals surface area contributed by atoms with Crippen LogP contribution in [0.25, 0.3) is 0 Å². The van der Waals surface area contributed by atoms with Gasteiger partial charge < -0.3 is 19.0 Å². The quantitative estimate of drug-likeness (QED) is 0.0761. The van der Waals surface area contributed by atoms with Crippen LogP contribution < -0.4 is 14.2 Å². The summed E-state index contributed by atoms with van der Waals surface area (Å²) in [4.78, 5) is 4.52. The van der Waals surface area contributed by atoms with Crippen molar-refractivity contribution < 1.29 is 19.0 Å². The molecule has 2 rings (SSSR count). The Kier molecular flexibility index (Phi) is 13.3. The van der Waals surface area contributed by atoms with Gasteiger partial charge in [0, 0.05) is 12.1 Å². The zero-order valence-electron chi connectivity index (χ0n) is 18.3. The molecule has 0 amide bonds. The molecule has 180 valence electrons. The number of nitrogens with zero attached hydrogens (tertiary/aromatic N) is 1. The Morgan fingerprint density at radius 3 is 2.18 bits per heavy atom. The molecule has 0 saturated carbocycles. The Morgan fingerprint density at radius 2 is 1.55 bits per heavy atom. The summed E-state index contributed by atoms with van der Waals surface area (Å²) in [6.07, 6.45) is 8.22. The fraction of sp³-hybridized carbons (Fsp3) is 0.375. The Balaban J connectivity index is 1.67. The van der Waals surface area contributed by atoms with Crippen LogP contribution in [0.15, 0.2) is 53.9 Å². The number of allylic oxidation sites excluding steroid dienone is 1. The second kappa shape index (κ2) is 15.9. The number of benzene rings is 2. The third-order valence-electron chi connectivity index (χ3n) is 4.20. The predicted octanol–water partition coefficient (Wildman–Crippen LogP) is 8.08. The maximum atomic E-state index is 6.26. The van der Waals surface area contributed by atoms with Gasteiger partial charge in [-0.05, 0) is 55.2 Å². The molecular formula is C24H27Cl4NO4. The van der Waals surface area contributed by atoms with Crippen LogP contribution in [0, 0.1) is 0 Å². The lowest BCUT2D eigenvalue weighted by atomic mass is 10.2. The lowest BCUT2D eigenvalue weighted by Gasteiger charge is -2.12. The number of halogens is 4. The van der Waals surface area contributed by atoms with E-state index >= 15 is 0 Å². The highest BCUT2D eigenvalue weighted by molar-refractivity contribution is 6.45. The van der Waals surface area contributed by atoms with E-state index in [4.69, 9.17) is 65.5 Å². The molecule has 0 aliphatic rings. The molecule has 9 heteroatoms. The predicted molar refractivity (Wildman–Crippen MR) is 137 cm³/mol. The lowest BCUT2D eigenvalue weighted by molar-refractivity contribution is 0.143. The molecule has 0 aromatic heterocycles. The van der Waals surface area contributed by atoms with E-state index in [0.717, 1.165) is 37.0 Å². The van der Waals surface area contributed by atoms with Crippen LogP contribution in [0.4, 0.5) is 0 Å². The second-order valence-electron chi connectivity index (χ2n) is 6.89. The Morgan fingerprint density at radius 1 is 0.879 bits per heavy atom. The molecule has 2 aromatic carbocycles. The van der Waals surface area contributed by atoms with Crippen LogP contribution in [-0.4, -0.2) is 30.9 Å². The van der Waals surface area contributed by atoms with Crippen LogP contribution in [-0.2, 0) is 4.84 Å². The number of hydrogen-bond acceptors (Lipinski definition) is 5. The van der Waals surface area contributed by atoms with Gasteiger partial charge in [-0.25, -0.2) is 0 Å². The molecule has 0 N–H and O–H groups in total. The molecule has 0 saturated heterocycles. The molecule has 0 fully saturated rings. The summed E-state index contributed by atoms with van der Waals surface area (Å²) in [7, 11) is 0. The first-order valence-corrected chi connectivity index (χ1v) is 12.2. The number of oxime groups is 1. The summed E-state index contributed by atoms with van der Waals surface area (Å²) < 4.78 is 16.9. The van der Waals surface area contributed by atoms with Gasteiger partial charge in [-0.3, -0.25) is 0 Å². The SMILES string of the molecule is CCCCON=Cc1ccc(OCCCCOc2c(Cl)cc(OC=CC(Cl)Cl)cc2Cl)cc1. The average molecular weight is 535 g/mol. The summed E-state index contributed by atoms with van der Waals surface area (Å²) in [5.41, 5.74) is 0.954. The van der Waals surface area contributed by atoms with Crippen molar-refractivity contribution in [3.63, 3.8) is 0 Å². The zero-order valence-corrected chi connectivity index (χ0v) is 21.3. The molecule has 0 spiro atoms. The van der Waals surface area contributed by atoms with Gasteiger partial charge in [0.15, 0.2) is 5.75 Å². The van der Waals surface area contributed by atoms with Crippen molar-refractivity contribution in [2.24, 2.45) is 5.16 Å². The molecule has 0 atom stereocenters. The first kappa shape index (κ1) is 27.5. The van der Waals surface area contributed by atoms with Gasteiger partial charge in [0.25, 0.3) is 0 Å². The first-order valence-electron chi connectivity index (χ1n) is 10.6. The fourth-order valence-electron chi connectivity index (χ4n) is 2.50. The van der Waals surface area contributed by atoms with E-state index in [9.17, 15) is 0 Å². The summed E-state index contributed by atoms with van der Waals surface area (Å²) in [6.45, 7) is 3.77. The van der Waals surface area contributed by atoms with E-state index in [2.05, 4.69) is 12.1 Å². The molecule has 0 heterocycles. The highest BCUT2D eigenvalue weighted by atomic mass is 35.5. The van der Waals surface area contributed by atoms with Gasteiger partial charge in [0.05, 0.1) is 35.7 Å². The molecule has 5 nitrogen and oxygen atoms in total. The smallest absolute Gasteiger partial charge is 0.156 e. The molecule has 0 bridgehead atoms. The largest absolute Gasteiger partial charge is 0.494 e. The van der Waals surface area contributed by atoms with Crippen LogP contribution >= 0.6 is 46.4 Å². The van der Waals surface area contributed by atoms with Gasteiger partial charge in [-0.2, -0.15) is 0 Å². The number of rotatable bonds is 15. The van der Waals surface area contributed by atoms with Crippen LogP contribution in [0.1, 0.15) is 38.2 Å². The zero-order chi connectivity index (χ0) is 23.9. The Labute approximate surface area is 215 Å². The van der Waals surface area contributed by atoms with E-state index in [1.54, 1.807) is 18.3 Å². The highest BCUT2D eigenvalue weighted by Gasteiger charge is 2.10. The normalized spacial score (nSPS) is 11.5. The second-order valence-corrected chi connectivity index (χ2v) is 8.87. The monoisotopic (exact) mass is 533 g/mol. The van der Waals surface area contributed by atoms with Gasteiger partial charge in [0.1, 0.15) is 22.9 Å². The molecule has 0 unspecified atom stereocenters. The van der Waals surface area contributed by atoms with E-state index < -0.39 is 4.84 Å². The number of unbranched alkanes of at least 4 members (excludes halogenated alkanes) is 2. The minimum Gasteiger partial charge on any atom is -0.494 e. The van der Waals surface area contributed by atoms with Crippen LogP contribution in [0.5, 0.6) is 17.2 Å². The number of hydrogen-bond donors (Lipinski definition) is 0. The Bertz CT molecular complexity index is 866. The molecule has 0 radical (unpaired) electrons. The van der Waals surface area contributed by atoms with E-state index in [1.165, 1.54) is 12.3 Å². The minimum absolute atomic E-state index is 0.356. The number of alkyl halides is 2. The number of ether oxygens (including phenoxy) is 3. The molecule has 0 aliphatic carbocycles. The van der Waals surface area contributed by atoms with Crippen molar-refractivity contribution in [3.8, 4) is 17.2 Å². The fourth-order valence-corrected chi connectivity index (χ4v) is 3.19. The molecule has 0 aliphatic heterocycles. The summed E-state index contributed by atoms with van der Waals surface area (Å²) >= 11 is 23.7. The lowest BCUT2D eigenvalue weighted by Crippen LogP contribution is -2.03.